The van der Waals surface area contributed by atoms with Crippen molar-refractivity contribution < 1.29 is 0 Å². The Kier molecular flexibility index (Phi) is 2.72. The molecule has 0 heterocycles. The summed E-state index contributed by atoms with van der Waals surface area (Å²) in [4.78, 5) is 2.38. The fraction of sp³-hybridized carbons (Fsp3) is 1.00. The molecule has 0 aromatic carbocycles. The van der Waals surface area contributed by atoms with Gasteiger partial charge in [0.05, 0.1) is 0 Å². The molecule has 1 rings (SSSR count). The molecule has 2 atom stereocenters. The summed E-state index contributed by atoms with van der Waals surface area (Å²) in [6.07, 6.45) is 5.73. The average molecular weight is 141 g/mol. The van der Waals surface area contributed by atoms with Gasteiger partial charge in [-0.2, -0.15) is 0 Å². The second kappa shape index (κ2) is 3.38. The highest BCUT2D eigenvalue weighted by atomic mass is 15.1. The SMILES string of the molecule is C[C@@H]1CCCC[C@H]1N(C)C. The smallest absolute Gasteiger partial charge is 0.0115 e. The van der Waals surface area contributed by atoms with Gasteiger partial charge in [-0.15, -0.1) is 0 Å². The van der Waals surface area contributed by atoms with Gasteiger partial charge in [-0.25, -0.2) is 0 Å². The highest BCUT2D eigenvalue weighted by molar-refractivity contribution is 4.77. The van der Waals surface area contributed by atoms with Crippen LogP contribution in [0.5, 0.6) is 0 Å². The molecular weight excluding hydrogens is 122 g/mol. The molecule has 1 fully saturated rings. The van der Waals surface area contributed by atoms with E-state index >= 15 is 0 Å². The Morgan fingerprint density at radius 1 is 1.10 bits per heavy atom. The van der Waals surface area contributed by atoms with Crippen LogP contribution in [0.3, 0.4) is 0 Å². The highest BCUT2D eigenvalue weighted by Gasteiger charge is 2.22. The van der Waals surface area contributed by atoms with Crippen LogP contribution in [-0.2, 0) is 0 Å². The lowest BCUT2D eigenvalue weighted by molar-refractivity contribution is 0.167. The summed E-state index contributed by atoms with van der Waals surface area (Å²) in [5.74, 6) is 0.920. The zero-order valence-electron chi connectivity index (χ0n) is 7.43. The summed E-state index contributed by atoms with van der Waals surface area (Å²) in [5.41, 5.74) is 0. The van der Waals surface area contributed by atoms with Crippen LogP contribution in [0.4, 0.5) is 0 Å². The minimum absolute atomic E-state index is 0.855. The maximum absolute atomic E-state index is 2.38. The first-order valence-corrected chi connectivity index (χ1v) is 4.38. The van der Waals surface area contributed by atoms with Gasteiger partial charge in [0.1, 0.15) is 0 Å². The summed E-state index contributed by atoms with van der Waals surface area (Å²) in [7, 11) is 4.40. The van der Waals surface area contributed by atoms with Crippen molar-refractivity contribution >= 4 is 0 Å². The minimum Gasteiger partial charge on any atom is -0.306 e. The zero-order chi connectivity index (χ0) is 7.56. The fourth-order valence-electron chi connectivity index (χ4n) is 2.06. The van der Waals surface area contributed by atoms with Gasteiger partial charge in [0, 0.05) is 6.04 Å². The van der Waals surface area contributed by atoms with E-state index in [2.05, 4.69) is 25.9 Å². The number of hydrogen-bond acceptors (Lipinski definition) is 1. The molecule has 0 aromatic rings. The second-order valence-corrected chi connectivity index (χ2v) is 3.79. The lowest BCUT2D eigenvalue weighted by atomic mass is 9.85. The first kappa shape index (κ1) is 8.06. The van der Waals surface area contributed by atoms with Crippen molar-refractivity contribution in [1.82, 2.24) is 4.90 Å². The summed E-state index contributed by atoms with van der Waals surface area (Å²) < 4.78 is 0. The van der Waals surface area contributed by atoms with Crippen molar-refractivity contribution in [2.24, 2.45) is 5.92 Å². The fourth-order valence-corrected chi connectivity index (χ4v) is 2.06. The Hall–Kier alpha value is -0.0400. The van der Waals surface area contributed by atoms with E-state index in [1.807, 2.05) is 0 Å². The molecule has 0 bridgehead atoms. The summed E-state index contributed by atoms with van der Waals surface area (Å²) in [5, 5.41) is 0. The van der Waals surface area contributed by atoms with Crippen LogP contribution in [0.2, 0.25) is 0 Å². The van der Waals surface area contributed by atoms with Crippen molar-refractivity contribution in [2.45, 2.75) is 38.6 Å². The molecule has 10 heavy (non-hydrogen) atoms. The lowest BCUT2D eigenvalue weighted by Crippen LogP contribution is -2.36. The van der Waals surface area contributed by atoms with Crippen molar-refractivity contribution in [3.05, 3.63) is 0 Å². The first-order chi connectivity index (χ1) is 4.72. The molecule has 1 heteroatoms. The lowest BCUT2D eigenvalue weighted by Gasteiger charge is -2.33. The maximum atomic E-state index is 2.38. The third-order valence-electron chi connectivity index (χ3n) is 2.73. The third-order valence-corrected chi connectivity index (χ3v) is 2.73. The van der Waals surface area contributed by atoms with E-state index in [1.165, 1.54) is 25.7 Å². The number of nitrogens with zero attached hydrogens (tertiary/aromatic N) is 1. The van der Waals surface area contributed by atoms with Crippen molar-refractivity contribution in [1.29, 1.82) is 0 Å². The first-order valence-electron chi connectivity index (χ1n) is 4.38. The number of rotatable bonds is 1. The zero-order valence-corrected chi connectivity index (χ0v) is 7.43. The Bertz CT molecular complexity index is 98.9. The molecule has 0 spiro atoms. The molecule has 0 N–H and O–H groups in total. The topological polar surface area (TPSA) is 3.24 Å². The van der Waals surface area contributed by atoms with Crippen molar-refractivity contribution in [3.63, 3.8) is 0 Å². The van der Waals surface area contributed by atoms with E-state index in [0.717, 1.165) is 12.0 Å². The molecule has 0 aromatic heterocycles. The molecular formula is C9H19N. The van der Waals surface area contributed by atoms with Crippen LogP contribution in [0.1, 0.15) is 32.6 Å². The van der Waals surface area contributed by atoms with Crippen molar-refractivity contribution in [2.75, 3.05) is 14.1 Å². The summed E-state index contributed by atoms with van der Waals surface area (Å²) >= 11 is 0. The normalized spacial score (nSPS) is 34.8. The molecule has 1 aliphatic carbocycles. The van der Waals surface area contributed by atoms with Crippen LogP contribution >= 0.6 is 0 Å². The van der Waals surface area contributed by atoms with Crippen molar-refractivity contribution in [3.8, 4) is 0 Å². The predicted octanol–water partition coefficient (Wildman–Crippen LogP) is 2.13. The van der Waals surface area contributed by atoms with Gasteiger partial charge >= 0.3 is 0 Å². The van der Waals surface area contributed by atoms with E-state index < -0.39 is 0 Å². The summed E-state index contributed by atoms with van der Waals surface area (Å²) in [6.45, 7) is 2.38. The molecule has 1 saturated carbocycles. The Morgan fingerprint density at radius 3 is 2.10 bits per heavy atom. The summed E-state index contributed by atoms with van der Waals surface area (Å²) in [6, 6.07) is 0.855. The molecule has 0 radical (unpaired) electrons. The van der Waals surface area contributed by atoms with Gasteiger partial charge in [0.15, 0.2) is 0 Å². The van der Waals surface area contributed by atoms with Gasteiger partial charge in [0.25, 0.3) is 0 Å². The van der Waals surface area contributed by atoms with Crippen LogP contribution in [0, 0.1) is 5.92 Å². The van der Waals surface area contributed by atoms with Gasteiger partial charge < -0.3 is 4.90 Å². The molecule has 60 valence electrons. The van der Waals surface area contributed by atoms with E-state index in [1.54, 1.807) is 0 Å². The molecule has 0 unspecified atom stereocenters. The Morgan fingerprint density at radius 2 is 1.70 bits per heavy atom. The quantitative estimate of drug-likeness (QED) is 0.540. The van der Waals surface area contributed by atoms with Gasteiger partial charge in [-0.1, -0.05) is 19.8 Å². The molecule has 0 aliphatic heterocycles. The predicted molar refractivity (Wildman–Crippen MR) is 45.1 cm³/mol. The molecule has 0 saturated heterocycles. The van der Waals surface area contributed by atoms with Crippen LogP contribution in [-0.4, -0.2) is 25.0 Å². The Balaban J connectivity index is 2.40. The largest absolute Gasteiger partial charge is 0.306 e. The van der Waals surface area contributed by atoms with E-state index in [0.29, 0.717) is 0 Å². The van der Waals surface area contributed by atoms with Gasteiger partial charge in [-0.05, 0) is 32.9 Å². The van der Waals surface area contributed by atoms with Crippen LogP contribution in [0.25, 0.3) is 0 Å². The van der Waals surface area contributed by atoms with Crippen LogP contribution in [0.15, 0.2) is 0 Å². The molecule has 1 nitrogen and oxygen atoms in total. The molecule has 1 aliphatic rings. The molecule has 0 amide bonds. The van der Waals surface area contributed by atoms with E-state index in [4.69, 9.17) is 0 Å². The highest BCUT2D eigenvalue weighted by Crippen LogP contribution is 2.26. The van der Waals surface area contributed by atoms with E-state index in [-0.39, 0.29) is 0 Å². The van der Waals surface area contributed by atoms with Crippen LogP contribution < -0.4 is 0 Å². The standard InChI is InChI=1S/C9H19N/c1-8-6-4-5-7-9(8)10(2)3/h8-9H,4-7H2,1-3H3/t8-,9-/m1/s1. The third kappa shape index (κ3) is 1.72. The van der Waals surface area contributed by atoms with E-state index in [9.17, 15) is 0 Å². The minimum atomic E-state index is 0.855. The Labute approximate surface area is 64.4 Å². The van der Waals surface area contributed by atoms with Gasteiger partial charge in [0.2, 0.25) is 0 Å². The van der Waals surface area contributed by atoms with Gasteiger partial charge in [-0.3, -0.25) is 0 Å². The average Bonchev–Trinajstić information content (AvgIpc) is 1.88. The second-order valence-electron chi connectivity index (χ2n) is 3.79. The monoisotopic (exact) mass is 141 g/mol. The number of hydrogen-bond donors (Lipinski definition) is 0. The maximum Gasteiger partial charge on any atom is 0.0115 e.